The van der Waals surface area contributed by atoms with E-state index in [4.69, 9.17) is 16.3 Å². The van der Waals surface area contributed by atoms with Crippen LogP contribution in [0.15, 0.2) is 24.3 Å². The highest BCUT2D eigenvalue weighted by atomic mass is 35.5. The molecule has 1 atom stereocenters. The van der Waals surface area contributed by atoms with Gasteiger partial charge in [0.2, 0.25) is 0 Å². The van der Waals surface area contributed by atoms with Gasteiger partial charge in [0.1, 0.15) is 0 Å². The molecule has 16 heavy (non-hydrogen) atoms. The Kier molecular flexibility index (Phi) is 4.31. The van der Waals surface area contributed by atoms with E-state index in [0.717, 1.165) is 0 Å². The van der Waals surface area contributed by atoms with Gasteiger partial charge in [0.25, 0.3) is 0 Å². The Balaban J connectivity index is 2.89. The second kappa shape index (κ2) is 5.51. The first kappa shape index (κ1) is 12.5. The van der Waals surface area contributed by atoms with Gasteiger partial charge in [0.15, 0.2) is 6.10 Å². The molecule has 0 aliphatic heterocycles. The number of carboxylic acids is 1. The number of benzene rings is 1. The quantitative estimate of drug-likeness (QED) is 0.740. The normalized spacial score (nSPS) is 11.9. The van der Waals surface area contributed by atoms with Crippen molar-refractivity contribution < 1.29 is 19.4 Å². The van der Waals surface area contributed by atoms with E-state index in [1.54, 1.807) is 6.92 Å². The molecule has 0 saturated heterocycles. The molecule has 0 saturated carbocycles. The first-order chi connectivity index (χ1) is 7.54. The minimum atomic E-state index is -1.45. The lowest BCUT2D eigenvalue weighted by Crippen LogP contribution is -2.32. The number of aliphatic carboxylic acids is 1. The van der Waals surface area contributed by atoms with Gasteiger partial charge < -0.3 is 14.6 Å². The minimum Gasteiger partial charge on any atom is -0.546 e. The molecule has 0 amide bonds. The van der Waals surface area contributed by atoms with Crippen molar-refractivity contribution in [1.29, 1.82) is 0 Å². The maximum absolute atomic E-state index is 11.0. The van der Waals surface area contributed by atoms with Crippen LogP contribution >= 0.6 is 11.6 Å². The molecule has 0 N–H and O–H groups in total. The van der Waals surface area contributed by atoms with Gasteiger partial charge >= 0.3 is 5.97 Å². The van der Waals surface area contributed by atoms with Crippen LogP contribution in [0, 0.1) is 0 Å². The summed E-state index contributed by atoms with van der Waals surface area (Å²) in [6, 6.07) is 6.00. The topological polar surface area (TPSA) is 66.4 Å². The Bertz CT molecular complexity index is 385. The average Bonchev–Trinajstić information content (AvgIpc) is 2.26. The molecular weight excluding hydrogens is 232 g/mol. The zero-order valence-electron chi connectivity index (χ0n) is 8.60. The summed E-state index contributed by atoms with van der Waals surface area (Å²) in [5.74, 6) is -2.05. The molecule has 4 nitrogen and oxygen atoms in total. The van der Waals surface area contributed by atoms with Crippen molar-refractivity contribution in [3.8, 4) is 0 Å². The highest BCUT2D eigenvalue weighted by molar-refractivity contribution is 6.30. The Morgan fingerprint density at radius 3 is 2.38 bits per heavy atom. The highest BCUT2D eigenvalue weighted by Crippen LogP contribution is 2.19. The second-order valence-electron chi connectivity index (χ2n) is 3.09. The van der Waals surface area contributed by atoms with Crippen molar-refractivity contribution in [2.24, 2.45) is 0 Å². The fourth-order valence-electron chi connectivity index (χ4n) is 1.10. The van der Waals surface area contributed by atoms with E-state index >= 15 is 0 Å². The van der Waals surface area contributed by atoms with Gasteiger partial charge in [0, 0.05) is 11.4 Å². The minimum absolute atomic E-state index is 0.109. The van der Waals surface area contributed by atoms with Crippen molar-refractivity contribution in [2.75, 3.05) is 0 Å². The molecule has 0 fully saturated rings. The largest absolute Gasteiger partial charge is 0.546 e. The van der Waals surface area contributed by atoms with E-state index in [1.807, 2.05) is 0 Å². The number of carbonyl (C=O) groups excluding carboxylic acids is 2. The standard InChI is InChI=1S/C11H11ClO4/c1-2-9(13)16-10(11(14)15)7-3-5-8(12)6-4-7/h3-6,10H,2H2,1H3,(H,14,15)/p-1/t10-/m0/s1. The molecule has 1 aromatic rings. The Morgan fingerprint density at radius 1 is 1.38 bits per heavy atom. The summed E-state index contributed by atoms with van der Waals surface area (Å²) in [4.78, 5) is 21.8. The van der Waals surface area contributed by atoms with Crippen molar-refractivity contribution in [2.45, 2.75) is 19.4 Å². The summed E-state index contributed by atoms with van der Waals surface area (Å²) >= 11 is 5.66. The first-order valence-electron chi connectivity index (χ1n) is 4.70. The molecular formula is C11H10ClO4-. The maximum Gasteiger partial charge on any atom is 0.306 e. The third-order valence-electron chi connectivity index (χ3n) is 1.92. The Labute approximate surface area is 97.8 Å². The van der Waals surface area contributed by atoms with Crippen LogP contribution in [0.1, 0.15) is 25.0 Å². The molecule has 5 heteroatoms. The smallest absolute Gasteiger partial charge is 0.306 e. The van der Waals surface area contributed by atoms with Gasteiger partial charge in [-0.25, -0.2) is 0 Å². The highest BCUT2D eigenvalue weighted by Gasteiger charge is 2.16. The lowest BCUT2D eigenvalue weighted by atomic mass is 10.1. The zero-order valence-corrected chi connectivity index (χ0v) is 9.36. The van der Waals surface area contributed by atoms with Crippen LogP contribution in [0.2, 0.25) is 5.02 Å². The lowest BCUT2D eigenvalue weighted by molar-refractivity contribution is -0.316. The maximum atomic E-state index is 11.0. The average molecular weight is 242 g/mol. The fourth-order valence-corrected chi connectivity index (χ4v) is 1.23. The van der Waals surface area contributed by atoms with E-state index in [1.165, 1.54) is 24.3 Å². The molecule has 0 spiro atoms. The first-order valence-corrected chi connectivity index (χ1v) is 5.08. The predicted octanol–water partition coefficient (Wildman–Crippen LogP) is 1.08. The number of hydrogen-bond acceptors (Lipinski definition) is 4. The summed E-state index contributed by atoms with van der Waals surface area (Å²) in [6.07, 6.45) is -1.28. The molecule has 0 aliphatic carbocycles. The van der Waals surface area contributed by atoms with Crippen molar-refractivity contribution in [3.05, 3.63) is 34.9 Å². The summed E-state index contributed by atoms with van der Waals surface area (Å²) in [5, 5.41) is 11.3. The molecule has 0 aliphatic rings. The van der Waals surface area contributed by atoms with Crippen LogP contribution in [-0.4, -0.2) is 11.9 Å². The molecule has 0 unspecified atom stereocenters. The summed E-state index contributed by atoms with van der Waals surface area (Å²) in [6.45, 7) is 1.58. The Hall–Kier alpha value is -1.55. The van der Waals surface area contributed by atoms with Crippen molar-refractivity contribution in [3.63, 3.8) is 0 Å². The van der Waals surface area contributed by atoms with Crippen molar-refractivity contribution >= 4 is 23.5 Å². The van der Waals surface area contributed by atoms with E-state index < -0.39 is 18.0 Å². The van der Waals surface area contributed by atoms with E-state index in [0.29, 0.717) is 10.6 Å². The van der Waals surface area contributed by atoms with E-state index in [9.17, 15) is 14.7 Å². The van der Waals surface area contributed by atoms with E-state index in [2.05, 4.69) is 0 Å². The van der Waals surface area contributed by atoms with Gasteiger partial charge in [-0.15, -0.1) is 0 Å². The lowest BCUT2D eigenvalue weighted by Gasteiger charge is -2.18. The fraction of sp³-hybridized carbons (Fsp3) is 0.273. The van der Waals surface area contributed by atoms with E-state index in [-0.39, 0.29) is 6.42 Å². The van der Waals surface area contributed by atoms with Crippen LogP contribution in [-0.2, 0) is 14.3 Å². The van der Waals surface area contributed by atoms with Crippen LogP contribution < -0.4 is 5.11 Å². The monoisotopic (exact) mass is 241 g/mol. The molecule has 1 aromatic carbocycles. The van der Waals surface area contributed by atoms with Crippen molar-refractivity contribution in [1.82, 2.24) is 0 Å². The molecule has 0 heterocycles. The number of ether oxygens (including phenoxy) is 1. The van der Waals surface area contributed by atoms with Crippen LogP contribution in [0.25, 0.3) is 0 Å². The number of halogens is 1. The van der Waals surface area contributed by atoms with Gasteiger partial charge in [-0.2, -0.15) is 0 Å². The number of hydrogen-bond donors (Lipinski definition) is 0. The van der Waals surface area contributed by atoms with Gasteiger partial charge in [-0.05, 0) is 17.7 Å². The van der Waals surface area contributed by atoms with Gasteiger partial charge in [0.05, 0.1) is 5.97 Å². The van der Waals surface area contributed by atoms with Crippen LogP contribution in [0.4, 0.5) is 0 Å². The van der Waals surface area contributed by atoms with Crippen LogP contribution in [0.3, 0.4) is 0 Å². The molecule has 0 radical (unpaired) electrons. The Morgan fingerprint density at radius 2 is 1.94 bits per heavy atom. The summed E-state index contributed by atoms with van der Waals surface area (Å²) in [5.41, 5.74) is 0.325. The van der Waals surface area contributed by atoms with Gasteiger partial charge in [-0.1, -0.05) is 30.7 Å². The number of rotatable bonds is 4. The SMILES string of the molecule is CCC(=O)O[C@H](C(=O)[O-])c1ccc(Cl)cc1. The number of carbonyl (C=O) groups is 2. The summed E-state index contributed by atoms with van der Waals surface area (Å²) < 4.78 is 4.74. The van der Waals surface area contributed by atoms with Gasteiger partial charge in [-0.3, -0.25) is 4.79 Å². The zero-order chi connectivity index (χ0) is 12.1. The molecule has 0 aromatic heterocycles. The molecule has 0 bridgehead atoms. The third-order valence-corrected chi connectivity index (χ3v) is 2.18. The number of esters is 1. The summed E-state index contributed by atoms with van der Waals surface area (Å²) in [7, 11) is 0. The van der Waals surface area contributed by atoms with Crippen LogP contribution in [0.5, 0.6) is 0 Å². The third kappa shape index (κ3) is 3.24. The predicted molar refractivity (Wildman–Crippen MR) is 55.6 cm³/mol. The number of carboxylic acid groups (broad SMARTS) is 1. The second-order valence-corrected chi connectivity index (χ2v) is 3.53. The molecule has 86 valence electrons. The molecule has 1 rings (SSSR count).